The first-order chi connectivity index (χ1) is 33.7. The third-order valence-corrected chi connectivity index (χ3v) is 13.7. The Balaban J connectivity index is 1.02. The van der Waals surface area contributed by atoms with E-state index in [1.165, 1.54) is 87.5 Å². The zero-order chi connectivity index (χ0) is 45.0. The highest BCUT2D eigenvalue weighted by molar-refractivity contribution is 6.10. The predicted molar refractivity (Wildman–Crippen MR) is 290 cm³/mol. The second kappa shape index (κ2) is 16.5. The van der Waals surface area contributed by atoms with Crippen molar-refractivity contribution in [3.8, 4) is 50.2 Å². The molecule has 0 spiro atoms. The van der Waals surface area contributed by atoms with E-state index in [0.29, 0.717) is 0 Å². The largest absolute Gasteiger partial charge is 0.310 e. The van der Waals surface area contributed by atoms with E-state index in [4.69, 9.17) is 0 Å². The van der Waals surface area contributed by atoms with Crippen LogP contribution in [-0.4, -0.2) is 4.57 Å². The maximum Gasteiger partial charge on any atom is 0.0546 e. The molecule has 13 aromatic rings. The number of hydrogen-bond acceptors (Lipinski definition) is 1. The summed E-state index contributed by atoms with van der Waals surface area (Å²) in [4.78, 5) is 2.46. The van der Waals surface area contributed by atoms with Gasteiger partial charge >= 0.3 is 0 Å². The van der Waals surface area contributed by atoms with Gasteiger partial charge in [0.1, 0.15) is 0 Å². The lowest BCUT2D eigenvalue weighted by atomic mass is 9.94. The highest BCUT2D eigenvalue weighted by atomic mass is 15.1. The molecule has 0 aliphatic heterocycles. The van der Waals surface area contributed by atoms with Crippen molar-refractivity contribution in [3.05, 3.63) is 267 Å². The molecule has 13 rings (SSSR count). The van der Waals surface area contributed by atoms with Gasteiger partial charge in [-0.25, -0.2) is 0 Å². The molecule has 0 radical (unpaired) electrons. The molecule has 1 heterocycles. The summed E-state index contributed by atoms with van der Waals surface area (Å²) in [5.41, 5.74) is 16.2. The van der Waals surface area contributed by atoms with Crippen LogP contribution in [0.3, 0.4) is 0 Å². The van der Waals surface area contributed by atoms with Crippen molar-refractivity contribution >= 4 is 71.2 Å². The molecule has 0 saturated heterocycles. The van der Waals surface area contributed by atoms with E-state index in [1.54, 1.807) is 0 Å². The fraction of sp³-hybridized carbons (Fsp3) is 0. The number of anilines is 3. The summed E-state index contributed by atoms with van der Waals surface area (Å²) in [6, 6.07) is 97.7. The second-order valence-electron chi connectivity index (χ2n) is 17.7. The summed E-state index contributed by atoms with van der Waals surface area (Å²) >= 11 is 0. The third kappa shape index (κ3) is 6.73. The van der Waals surface area contributed by atoms with E-state index >= 15 is 0 Å². The second-order valence-corrected chi connectivity index (χ2v) is 17.7. The van der Waals surface area contributed by atoms with Crippen LogP contribution in [0.25, 0.3) is 104 Å². The van der Waals surface area contributed by atoms with E-state index in [-0.39, 0.29) is 0 Å². The van der Waals surface area contributed by atoms with Crippen molar-refractivity contribution in [1.29, 1.82) is 0 Å². The highest BCUT2D eigenvalue weighted by Crippen LogP contribution is 2.45. The molecule has 2 heteroatoms. The number of hydrogen-bond donors (Lipinski definition) is 0. The van der Waals surface area contributed by atoms with Crippen molar-refractivity contribution in [2.24, 2.45) is 0 Å². The zero-order valence-electron chi connectivity index (χ0n) is 37.3. The minimum absolute atomic E-state index is 1.08. The number of rotatable bonds is 8. The average molecular weight is 865 g/mol. The maximum atomic E-state index is 2.46. The first kappa shape index (κ1) is 39.4. The van der Waals surface area contributed by atoms with Crippen LogP contribution in [0.1, 0.15) is 0 Å². The lowest BCUT2D eigenvalue weighted by molar-refractivity contribution is 1.18. The number of benzene rings is 12. The molecule has 0 atom stereocenters. The van der Waals surface area contributed by atoms with E-state index in [0.717, 1.165) is 33.9 Å². The molecule has 318 valence electrons. The molecule has 12 aromatic carbocycles. The Kier molecular flexibility index (Phi) is 9.54. The van der Waals surface area contributed by atoms with Gasteiger partial charge in [-0.1, -0.05) is 212 Å². The van der Waals surface area contributed by atoms with Crippen LogP contribution in [0.2, 0.25) is 0 Å². The van der Waals surface area contributed by atoms with E-state index in [9.17, 15) is 0 Å². The molecule has 0 bridgehead atoms. The van der Waals surface area contributed by atoms with Gasteiger partial charge in [-0.05, 0) is 120 Å². The molecule has 0 fully saturated rings. The topological polar surface area (TPSA) is 8.17 Å². The molecule has 0 N–H and O–H groups in total. The Labute approximate surface area is 395 Å². The van der Waals surface area contributed by atoms with Crippen molar-refractivity contribution in [2.75, 3.05) is 4.90 Å². The molecule has 1 aromatic heterocycles. The Morgan fingerprint density at radius 1 is 0.250 bits per heavy atom. The molecule has 68 heavy (non-hydrogen) atoms. The molecule has 0 aliphatic carbocycles. The van der Waals surface area contributed by atoms with Crippen LogP contribution in [0.5, 0.6) is 0 Å². The number of aromatic nitrogens is 1. The first-order valence-corrected chi connectivity index (χ1v) is 23.4. The fourth-order valence-corrected chi connectivity index (χ4v) is 10.6. The summed E-state index contributed by atoms with van der Waals surface area (Å²) in [6.07, 6.45) is 0. The van der Waals surface area contributed by atoms with Crippen LogP contribution >= 0.6 is 0 Å². The highest BCUT2D eigenvalue weighted by Gasteiger charge is 2.21. The lowest BCUT2D eigenvalue weighted by Gasteiger charge is -2.28. The summed E-state index contributed by atoms with van der Waals surface area (Å²) in [7, 11) is 0. The van der Waals surface area contributed by atoms with Gasteiger partial charge < -0.3 is 9.47 Å². The molecule has 2 nitrogen and oxygen atoms in total. The minimum Gasteiger partial charge on any atom is -0.310 e. The van der Waals surface area contributed by atoms with Crippen LogP contribution in [0.15, 0.2) is 267 Å². The predicted octanol–water partition coefficient (Wildman–Crippen LogP) is 18.4. The number of nitrogens with zero attached hydrogens (tertiary/aromatic N) is 2. The minimum atomic E-state index is 1.08. The SMILES string of the molecule is c1ccc(-c2ccc(-c3cccc(N(c4cccc(-c5cccc6ccccc56)c4)c4ccc(-c5ccc6ccccc6c5)c5ccccc45)c3)cc2-n2c3ccccc3c3ccccc32)cc1. The number of fused-ring (bicyclic) bond motifs is 6. The van der Waals surface area contributed by atoms with E-state index in [1.807, 2.05) is 0 Å². The maximum absolute atomic E-state index is 2.46. The third-order valence-electron chi connectivity index (χ3n) is 13.7. The van der Waals surface area contributed by atoms with Crippen molar-refractivity contribution < 1.29 is 0 Å². The van der Waals surface area contributed by atoms with Crippen molar-refractivity contribution in [3.63, 3.8) is 0 Å². The van der Waals surface area contributed by atoms with Crippen LogP contribution in [0.4, 0.5) is 17.1 Å². The van der Waals surface area contributed by atoms with Gasteiger partial charge in [0, 0.05) is 33.1 Å². The zero-order valence-corrected chi connectivity index (χ0v) is 37.3. The Morgan fingerprint density at radius 2 is 0.750 bits per heavy atom. The van der Waals surface area contributed by atoms with Crippen LogP contribution in [0, 0.1) is 0 Å². The number of para-hydroxylation sites is 2. The molecule has 0 amide bonds. The van der Waals surface area contributed by atoms with Gasteiger partial charge in [-0.3, -0.25) is 0 Å². The van der Waals surface area contributed by atoms with Crippen LogP contribution in [-0.2, 0) is 0 Å². The Hall–Kier alpha value is -8.98. The standard InChI is InChI=1S/C66H44N2/c1-2-18-47(19-3-1)58-38-37-50(44-66(58)68-63-33-12-10-30-61(63)62-31-11-13-34-64(62)68)49-23-14-25-53(42-49)67(54-26-15-24-51(43-54)56-32-16-22-46-20-6-7-27-55(46)56)65-40-39-57(59-28-8-9-29-60(59)65)52-36-35-45-17-4-5-21-48(45)41-52/h1-44H. The fourth-order valence-electron chi connectivity index (χ4n) is 10.6. The lowest BCUT2D eigenvalue weighted by Crippen LogP contribution is -2.11. The molecular weight excluding hydrogens is 821 g/mol. The van der Waals surface area contributed by atoms with Gasteiger partial charge in [0.15, 0.2) is 0 Å². The summed E-state index contributed by atoms with van der Waals surface area (Å²) in [5, 5.41) is 9.83. The van der Waals surface area contributed by atoms with E-state index < -0.39 is 0 Å². The normalized spacial score (nSPS) is 11.5. The Morgan fingerprint density at radius 3 is 1.51 bits per heavy atom. The molecule has 0 unspecified atom stereocenters. The van der Waals surface area contributed by atoms with Gasteiger partial charge in [-0.2, -0.15) is 0 Å². The van der Waals surface area contributed by atoms with E-state index in [2.05, 4.69) is 276 Å². The van der Waals surface area contributed by atoms with Crippen LogP contribution < -0.4 is 4.90 Å². The first-order valence-electron chi connectivity index (χ1n) is 23.4. The Bertz CT molecular complexity index is 3990. The summed E-state index contributed by atoms with van der Waals surface area (Å²) < 4.78 is 2.45. The van der Waals surface area contributed by atoms with Gasteiger partial charge in [0.25, 0.3) is 0 Å². The molecule has 0 saturated carbocycles. The summed E-state index contributed by atoms with van der Waals surface area (Å²) in [5.74, 6) is 0. The van der Waals surface area contributed by atoms with Gasteiger partial charge in [0.2, 0.25) is 0 Å². The molecular formula is C66H44N2. The quantitative estimate of drug-likeness (QED) is 0.148. The monoisotopic (exact) mass is 864 g/mol. The van der Waals surface area contributed by atoms with Crippen molar-refractivity contribution in [2.45, 2.75) is 0 Å². The van der Waals surface area contributed by atoms with Gasteiger partial charge in [-0.15, -0.1) is 0 Å². The van der Waals surface area contributed by atoms with Gasteiger partial charge in [0.05, 0.1) is 22.4 Å². The average Bonchev–Trinajstić information content (AvgIpc) is 3.75. The smallest absolute Gasteiger partial charge is 0.0546 e. The van der Waals surface area contributed by atoms with Crippen molar-refractivity contribution in [1.82, 2.24) is 4.57 Å². The molecule has 0 aliphatic rings. The summed E-state index contributed by atoms with van der Waals surface area (Å²) in [6.45, 7) is 0.